The first-order valence-electron chi connectivity index (χ1n) is 15.1. The molecule has 1 aliphatic rings. The molecule has 0 spiro atoms. The molecule has 0 aliphatic heterocycles. The standard InChI is InChI=1S/C31H34ClN7O8/c1-4-5-10-26-33-28(32)27(31(41)46-18(2)45-30(40)21-15-24(44-3)25(16-21)47-39(42)43)38(26)17-19-11-13-20(14-12-19)22-8-6-7-9-23(22)29-34-36-37-35-29/h6-9,11-14,18,21,24-25H,4-5,10,15-17H2,1-3H3,(H,34,35,36,37)/t18-,21-,24+,25+/m1/s1. The van der Waals surface area contributed by atoms with E-state index in [-0.39, 0.29) is 30.2 Å². The maximum Gasteiger partial charge on any atom is 0.361 e. The van der Waals surface area contributed by atoms with E-state index in [9.17, 15) is 19.7 Å². The third-order valence-electron chi connectivity index (χ3n) is 7.95. The second-order valence-corrected chi connectivity index (χ2v) is 11.4. The van der Waals surface area contributed by atoms with Gasteiger partial charge >= 0.3 is 11.9 Å². The van der Waals surface area contributed by atoms with Gasteiger partial charge < -0.3 is 23.6 Å². The molecule has 47 heavy (non-hydrogen) atoms. The van der Waals surface area contributed by atoms with Crippen LogP contribution in [0.2, 0.25) is 5.15 Å². The van der Waals surface area contributed by atoms with E-state index >= 15 is 0 Å². The molecule has 1 aliphatic carbocycles. The number of aryl methyl sites for hydroxylation is 1. The summed E-state index contributed by atoms with van der Waals surface area (Å²) in [6.45, 7) is 3.74. The first kappa shape index (κ1) is 33.5. The van der Waals surface area contributed by atoms with Crippen molar-refractivity contribution in [1.29, 1.82) is 0 Å². The number of benzene rings is 2. The van der Waals surface area contributed by atoms with Gasteiger partial charge in [-0.2, -0.15) is 0 Å². The fourth-order valence-corrected chi connectivity index (χ4v) is 5.93. The molecule has 4 aromatic rings. The Labute approximate surface area is 274 Å². The lowest BCUT2D eigenvalue weighted by Crippen LogP contribution is -2.27. The van der Waals surface area contributed by atoms with Gasteiger partial charge in [-0.1, -0.05) is 73.5 Å². The minimum atomic E-state index is -1.27. The Morgan fingerprint density at radius 1 is 1.11 bits per heavy atom. The molecule has 2 aromatic heterocycles. The fourth-order valence-electron chi connectivity index (χ4n) is 5.66. The number of ether oxygens (including phenoxy) is 3. The summed E-state index contributed by atoms with van der Waals surface area (Å²) in [6.07, 6.45) is -0.327. The van der Waals surface area contributed by atoms with Crippen molar-refractivity contribution in [2.75, 3.05) is 7.11 Å². The molecule has 0 unspecified atom stereocenters. The molecular weight excluding hydrogens is 634 g/mol. The van der Waals surface area contributed by atoms with Crippen molar-refractivity contribution in [3.63, 3.8) is 0 Å². The number of halogens is 1. The van der Waals surface area contributed by atoms with Gasteiger partial charge in [0.1, 0.15) is 11.9 Å². The average molecular weight is 668 g/mol. The highest BCUT2D eigenvalue weighted by molar-refractivity contribution is 6.32. The molecule has 2 heterocycles. The Balaban J connectivity index is 1.30. The normalized spacial score (nSPS) is 18.1. The van der Waals surface area contributed by atoms with Crippen LogP contribution >= 0.6 is 11.6 Å². The third kappa shape index (κ3) is 7.92. The summed E-state index contributed by atoms with van der Waals surface area (Å²) in [7, 11) is 1.38. The monoisotopic (exact) mass is 667 g/mol. The van der Waals surface area contributed by atoms with Crippen molar-refractivity contribution in [3.8, 4) is 22.5 Å². The Hall–Kier alpha value is -4.89. The number of hydrogen-bond donors (Lipinski definition) is 1. The van der Waals surface area contributed by atoms with Gasteiger partial charge in [0.25, 0.3) is 5.09 Å². The highest BCUT2D eigenvalue weighted by Gasteiger charge is 2.42. The number of esters is 2. The molecule has 0 amide bonds. The summed E-state index contributed by atoms with van der Waals surface area (Å²) in [5.41, 5.74) is 3.66. The topological polar surface area (TPSA) is 186 Å². The van der Waals surface area contributed by atoms with Gasteiger partial charge in [-0.3, -0.25) is 4.79 Å². The SMILES string of the molecule is CCCCc1nc(Cl)c(C(=O)O[C@H](C)OC(=O)[C@@H]2C[C@H](OC)[C@@H](O[N+](=O)[O-])C2)n1Cc1ccc(-c2ccccc2-c2nnn[nH]2)cc1. The lowest BCUT2D eigenvalue weighted by atomic mass is 9.98. The number of nitrogens with zero attached hydrogens (tertiary/aromatic N) is 6. The maximum atomic E-state index is 13.4. The van der Waals surface area contributed by atoms with Crippen molar-refractivity contribution in [2.24, 2.45) is 5.92 Å². The number of hydrogen-bond acceptors (Lipinski definition) is 12. The number of aromatic amines is 1. The molecule has 1 fully saturated rings. The van der Waals surface area contributed by atoms with Crippen molar-refractivity contribution in [2.45, 2.75) is 71.0 Å². The summed E-state index contributed by atoms with van der Waals surface area (Å²) >= 11 is 6.50. The molecule has 16 heteroatoms. The molecule has 1 saturated carbocycles. The zero-order chi connectivity index (χ0) is 33.5. The van der Waals surface area contributed by atoms with Crippen molar-refractivity contribution < 1.29 is 33.7 Å². The summed E-state index contributed by atoms with van der Waals surface area (Å²) in [5.74, 6) is -1.06. The predicted molar refractivity (Wildman–Crippen MR) is 166 cm³/mol. The summed E-state index contributed by atoms with van der Waals surface area (Å²) < 4.78 is 17.8. The molecule has 15 nitrogen and oxygen atoms in total. The number of unbranched alkanes of at least 4 members (excludes halogenated alkanes) is 1. The van der Waals surface area contributed by atoms with Gasteiger partial charge in [0, 0.05) is 32.6 Å². The van der Waals surface area contributed by atoms with Crippen LogP contribution in [0.3, 0.4) is 0 Å². The van der Waals surface area contributed by atoms with E-state index in [1.165, 1.54) is 14.0 Å². The van der Waals surface area contributed by atoms with Gasteiger partial charge in [0.15, 0.2) is 16.7 Å². The number of tetrazole rings is 1. The second-order valence-electron chi connectivity index (χ2n) is 11.1. The van der Waals surface area contributed by atoms with Gasteiger partial charge in [-0.15, -0.1) is 15.2 Å². The Kier molecular flexibility index (Phi) is 10.8. The van der Waals surface area contributed by atoms with Crippen LogP contribution in [0.5, 0.6) is 0 Å². The van der Waals surface area contributed by atoms with E-state index < -0.39 is 41.4 Å². The van der Waals surface area contributed by atoms with Gasteiger partial charge in [-0.25, -0.2) is 14.9 Å². The van der Waals surface area contributed by atoms with Gasteiger partial charge in [0.05, 0.1) is 12.0 Å². The largest absolute Gasteiger partial charge is 0.425 e. The quantitative estimate of drug-likeness (QED) is 0.0837. The second kappa shape index (κ2) is 15.1. The van der Waals surface area contributed by atoms with Crippen molar-refractivity contribution >= 4 is 23.5 Å². The minimum Gasteiger partial charge on any atom is -0.425 e. The molecular formula is C31H34ClN7O8. The number of nitrogens with one attached hydrogen (secondary N) is 1. The minimum absolute atomic E-state index is 0.0238. The highest BCUT2D eigenvalue weighted by atomic mass is 35.5. The van der Waals surface area contributed by atoms with Crippen molar-refractivity contribution in [3.05, 3.63) is 80.9 Å². The van der Waals surface area contributed by atoms with E-state index in [1.807, 2.05) is 48.5 Å². The molecule has 5 rings (SSSR count). The van der Waals surface area contributed by atoms with Crippen molar-refractivity contribution in [1.82, 2.24) is 30.2 Å². The average Bonchev–Trinajstić information content (AvgIpc) is 3.79. The van der Waals surface area contributed by atoms with E-state index in [1.54, 1.807) is 4.57 Å². The molecule has 0 radical (unpaired) electrons. The molecule has 2 aromatic carbocycles. The summed E-state index contributed by atoms with van der Waals surface area (Å²) in [6, 6.07) is 15.6. The number of aromatic nitrogens is 6. The van der Waals surface area contributed by atoms with Crippen LogP contribution in [0.25, 0.3) is 22.5 Å². The Morgan fingerprint density at radius 3 is 2.49 bits per heavy atom. The number of H-pyrrole nitrogens is 1. The lowest BCUT2D eigenvalue weighted by molar-refractivity contribution is -0.770. The number of carbonyl (C=O) groups excluding carboxylic acids is 2. The maximum absolute atomic E-state index is 13.4. The number of methoxy groups -OCH3 is 1. The Bertz CT molecular complexity index is 1700. The zero-order valence-corrected chi connectivity index (χ0v) is 26.8. The molecule has 1 N–H and O–H groups in total. The molecule has 248 valence electrons. The van der Waals surface area contributed by atoms with Crippen LogP contribution in [-0.4, -0.2) is 72.8 Å². The molecule has 0 saturated heterocycles. The first-order chi connectivity index (χ1) is 22.7. The summed E-state index contributed by atoms with van der Waals surface area (Å²) in [4.78, 5) is 46.2. The van der Waals surface area contributed by atoms with Crippen LogP contribution in [0.15, 0.2) is 48.5 Å². The number of carbonyl (C=O) groups is 2. The zero-order valence-electron chi connectivity index (χ0n) is 26.0. The van der Waals surface area contributed by atoms with Crippen LogP contribution in [0.4, 0.5) is 0 Å². The van der Waals surface area contributed by atoms with Crippen LogP contribution in [0, 0.1) is 16.0 Å². The fraction of sp³-hybridized carbons (Fsp3) is 0.419. The molecule has 4 atom stereocenters. The van der Waals surface area contributed by atoms with E-state index in [0.717, 1.165) is 35.1 Å². The van der Waals surface area contributed by atoms with Crippen LogP contribution in [-0.2, 0) is 36.8 Å². The first-order valence-corrected chi connectivity index (χ1v) is 15.5. The summed E-state index contributed by atoms with van der Waals surface area (Å²) in [5, 5.41) is 24.1. The number of rotatable bonds is 14. The van der Waals surface area contributed by atoms with E-state index in [2.05, 4.69) is 37.4 Å². The molecule has 0 bridgehead atoms. The Morgan fingerprint density at radius 2 is 1.83 bits per heavy atom. The van der Waals surface area contributed by atoms with Gasteiger partial charge in [-0.05, 0) is 46.4 Å². The lowest BCUT2D eigenvalue weighted by Gasteiger charge is -2.18. The third-order valence-corrected chi connectivity index (χ3v) is 8.21. The van der Waals surface area contributed by atoms with Gasteiger partial charge in [0.2, 0.25) is 6.29 Å². The number of imidazole rings is 1. The van der Waals surface area contributed by atoms with E-state index in [4.69, 9.17) is 25.8 Å². The van der Waals surface area contributed by atoms with Crippen LogP contribution in [0.1, 0.15) is 61.4 Å². The smallest absolute Gasteiger partial charge is 0.361 e. The van der Waals surface area contributed by atoms with E-state index in [0.29, 0.717) is 18.1 Å². The predicted octanol–water partition coefficient (Wildman–Crippen LogP) is 4.82. The van der Waals surface area contributed by atoms with Crippen LogP contribution < -0.4 is 0 Å². The highest BCUT2D eigenvalue weighted by Crippen LogP contribution is 2.33.